The average molecular weight is 485 g/mol. The first-order chi connectivity index (χ1) is 17.5. The molecule has 0 radical (unpaired) electrons. The van der Waals surface area contributed by atoms with Crippen molar-refractivity contribution in [1.29, 1.82) is 0 Å². The standard InChI is InChI=1S/C26H28N8O2/c1-4-23(35)28-19-12-17(13-21(15-19)36-3)24-22-16-27-32-25(22)31-26(30-24)29-18-6-5-7-20(14-18)34-10-8-33(2)9-11-34/h4-7,12-16H,1,8-11H2,2-3H3,(H,28,35)(H2,27,29,30,31,32). The Kier molecular flexibility index (Phi) is 6.50. The van der Waals surface area contributed by atoms with Crippen LogP contribution in [0.15, 0.2) is 61.3 Å². The molecule has 184 valence electrons. The molecule has 3 heterocycles. The van der Waals surface area contributed by atoms with E-state index in [1.165, 1.54) is 6.08 Å². The minimum atomic E-state index is -0.312. The van der Waals surface area contributed by atoms with Gasteiger partial charge in [0.15, 0.2) is 5.65 Å². The molecule has 1 saturated heterocycles. The minimum Gasteiger partial charge on any atom is -0.497 e. The Balaban J connectivity index is 1.49. The van der Waals surface area contributed by atoms with E-state index in [1.54, 1.807) is 19.4 Å². The number of carbonyl (C=O) groups excluding carboxylic acids is 1. The average Bonchev–Trinajstić information content (AvgIpc) is 3.37. The number of methoxy groups -OCH3 is 1. The number of benzene rings is 2. The number of rotatable bonds is 7. The smallest absolute Gasteiger partial charge is 0.247 e. The van der Waals surface area contributed by atoms with Crippen LogP contribution in [0.1, 0.15) is 0 Å². The van der Waals surface area contributed by atoms with Crippen molar-refractivity contribution in [3.8, 4) is 17.0 Å². The normalized spacial score (nSPS) is 14.0. The summed E-state index contributed by atoms with van der Waals surface area (Å²) in [4.78, 5) is 26.0. The first kappa shape index (κ1) is 23.3. The maximum atomic E-state index is 11.9. The third-order valence-corrected chi connectivity index (χ3v) is 6.15. The van der Waals surface area contributed by atoms with Crippen molar-refractivity contribution < 1.29 is 9.53 Å². The number of anilines is 4. The quantitative estimate of drug-likeness (QED) is 0.341. The number of amides is 1. The van der Waals surface area contributed by atoms with Crippen LogP contribution in [0.4, 0.5) is 23.0 Å². The van der Waals surface area contributed by atoms with E-state index in [0.717, 1.165) is 48.5 Å². The number of hydrogen-bond donors (Lipinski definition) is 3. The summed E-state index contributed by atoms with van der Waals surface area (Å²) in [5, 5.41) is 14.0. The number of piperazine rings is 1. The van der Waals surface area contributed by atoms with Gasteiger partial charge in [-0.3, -0.25) is 9.89 Å². The highest BCUT2D eigenvalue weighted by atomic mass is 16.5. The van der Waals surface area contributed by atoms with Crippen LogP contribution in [0.3, 0.4) is 0 Å². The van der Waals surface area contributed by atoms with Crippen molar-refractivity contribution in [2.24, 2.45) is 0 Å². The third kappa shape index (κ3) is 4.98. The third-order valence-electron chi connectivity index (χ3n) is 6.15. The summed E-state index contributed by atoms with van der Waals surface area (Å²) in [7, 11) is 3.72. The summed E-state index contributed by atoms with van der Waals surface area (Å²) < 4.78 is 5.46. The first-order valence-electron chi connectivity index (χ1n) is 11.7. The van der Waals surface area contributed by atoms with Crippen LogP contribution in [-0.4, -0.2) is 71.3 Å². The molecule has 4 aromatic rings. The largest absolute Gasteiger partial charge is 0.497 e. The van der Waals surface area contributed by atoms with Crippen molar-refractivity contribution in [1.82, 2.24) is 25.1 Å². The molecule has 2 aromatic heterocycles. The van der Waals surface area contributed by atoms with Crippen LogP contribution in [-0.2, 0) is 4.79 Å². The maximum Gasteiger partial charge on any atom is 0.247 e. The number of ether oxygens (including phenoxy) is 1. The summed E-state index contributed by atoms with van der Waals surface area (Å²) in [6.45, 7) is 7.57. The molecule has 0 atom stereocenters. The Morgan fingerprint density at radius 3 is 2.72 bits per heavy atom. The van der Waals surface area contributed by atoms with E-state index in [9.17, 15) is 4.79 Å². The predicted molar refractivity (Wildman–Crippen MR) is 142 cm³/mol. The van der Waals surface area contributed by atoms with Crippen molar-refractivity contribution in [3.05, 3.63) is 61.3 Å². The maximum absolute atomic E-state index is 11.9. The Hall–Kier alpha value is -4.44. The number of carbonyl (C=O) groups is 1. The van der Waals surface area contributed by atoms with Gasteiger partial charge in [-0.1, -0.05) is 12.6 Å². The summed E-state index contributed by atoms with van der Waals surface area (Å²) >= 11 is 0. The first-order valence-corrected chi connectivity index (χ1v) is 11.7. The van der Waals surface area contributed by atoms with E-state index in [0.29, 0.717) is 28.7 Å². The lowest BCUT2D eigenvalue weighted by Crippen LogP contribution is -2.44. The molecule has 1 amide bonds. The molecule has 1 aliphatic heterocycles. The zero-order valence-corrected chi connectivity index (χ0v) is 20.3. The van der Waals surface area contributed by atoms with Crippen LogP contribution in [0.5, 0.6) is 5.75 Å². The van der Waals surface area contributed by atoms with Crippen molar-refractivity contribution in [2.45, 2.75) is 0 Å². The highest BCUT2D eigenvalue weighted by Crippen LogP contribution is 2.33. The lowest BCUT2D eigenvalue weighted by atomic mass is 10.1. The predicted octanol–water partition coefficient (Wildman–Crippen LogP) is 3.65. The fourth-order valence-electron chi connectivity index (χ4n) is 4.20. The Morgan fingerprint density at radius 1 is 1.11 bits per heavy atom. The highest BCUT2D eigenvalue weighted by molar-refractivity contribution is 6.00. The Morgan fingerprint density at radius 2 is 1.94 bits per heavy atom. The second-order valence-corrected chi connectivity index (χ2v) is 8.64. The molecule has 10 heteroatoms. The minimum absolute atomic E-state index is 0.312. The summed E-state index contributed by atoms with van der Waals surface area (Å²) in [6.07, 6.45) is 2.90. The van der Waals surface area contributed by atoms with Crippen molar-refractivity contribution in [3.63, 3.8) is 0 Å². The van der Waals surface area contributed by atoms with Crippen LogP contribution < -0.4 is 20.3 Å². The van der Waals surface area contributed by atoms with Gasteiger partial charge in [0.25, 0.3) is 0 Å². The van der Waals surface area contributed by atoms with Crippen molar-refractivity contribution in [2.75, 3.05) is 55.9 Å². The van der Waals surface area contributed by atoms with E-state index in [4.69, 9.17) is 9.72 Å². The van der Waals surface area contributed by atoms with Gasteiger partial charge in [0.2, 0.25) is 11.9 Å². The van der Waals surface area contributed by atoms with Gasteiger partial charge in [-0.25, -0.2) is 4.98 Å². The van der Waals surface area contributed by atoms with Gasteiger partial charge in [-0.2, -0.15) is 10.1 Å². The fourth-order valence-corrected chi connectivity index (χ4v) is 4.20. The van der Waals surface area contributed by atoms with E-state index < -0.39 is 0 Å². The van der Waals surface area contributed by atoms with Gasteiger partial charge in [-0.05, 0) is 43.5 Å². The van der Waals surface area contributed by atoms with Gasteiger partial charge < -0.3 is 25.2 Å². The SMILES string of the molecule is C=CC(=O)Nc1cc(OC)cc(-c2nc(Nc3cccc(N4CCN(C)CC4)c3)nc3[nH]ncc23)c1. The molecule has 0 bridgehead atoms. The second kappa shape index (κ2) is 10.0. The van der Waals surface area contributed by atoms with Gasteiger partial charge in [0.1, 0.15) is 5.75 Å². The van der Waals surface area contributed by atoms with Gasteiger partial charge in [-0.15, -0.1) is 0 Å². The summed E-state index contributed by atoms with van der Waals surface area (Å²) in [6, 6.07) is 13.7. The van der Waals surface area contributed by atoms with Crippen LogP contribution in [0.2, 0.25) is 0 Å². The van der Waals surface area contributed by atoms with Gasteiger partial charge in [0.05, 0.1) is 24.4 Å². The van der Waals surface area contributed by atoms with Crippen LogP contribution >= 0.6 is 0 Å². The highest BCUT2D eigenvalue weighted by Gasteiger charge is 2.16. The topological polar surface area (TPSA) is 111 Å². The molecule has 1 aliphatic rings. The molecule has 5 rings (SSSR count). The zero-order valence-electron chi connectivity index (χ0n) is 20.3. The molecule has 36 heavy (non-hydrogen) atoms. The van der Waals surface area contributed by atoms with E-state index in [2.05, 4.69) is 61.4 Å². The molecule has 1 fully saturated rings. The molecular formula is C26H28N8O2. The molecule has 2 aromatic carbocycles. The van der Waals surface area contributed by atoms with Gasteiger partial charge >= 0.3 is 0 Å². The second-order valence-electron chi connectivity index (χ2n) is 8.64. The molecule has 0 saturated carbocycles. The number of likely N-dealkylation sites (N-methyl/N-ethyl adjacent to an activating group) is 1. The van der Waals surface area contributed by atoms with Crippen LogP contribution in [0.25, 0.3) is 22.3 Å². The monoisotopic (exact) mass is 484 g/mol. The summed E-state index contributed by atoms with van der Waals surface area (Å²) in [5.41, 5.74) is 4.61. The molecule has 0 unspecified atom stereocenters. The summed E-state index contributed by atoms with van der Waals surface area (Å²) in [5.74, 6) is 0.696. The fraction of sp³-hybridized carbons (Fsp3) is 0.231. The number of H-pyrrole nitrogens is 1. The van der Waals surface area contributed by atoms with E-state index in [-0.39, 0.29) is 5.91 Å². The van der Waals surface area contributed by atoms with Crippen molar-refractivity contribution >= 4 is 40.0 Å². The van der Waals surface area contributed by atoms with Gasteiger partial charge in [0, 0.05) is 54.9 Å². The van der Waals surface area contributed by atoms with E-state index in [1.807, 2.05) is 24.3 Å². The molecule has 0 spiro atoms. The lowest BCUT2D eigenvalue weighted by Gasteiger charge is -2.34. The number of aromatic amines is 1. The zero-order chi connectivity index (χ0) is 25.1. The lowest BCUT2D eigenvalue weighted by molar-refractivity contribution is -0.111. The number of nitrogens with one attached hydrogen (secondary N) is 3. The number of aromatic nitrogens is 4. The molecule has 0 aliphatic carbocycles. The molecular weight excluding hydrogens is 456 g/mol. The van der Waals surface area contributed by atoms with Crippen LogP contribution in [0, 0.1) is 0 Å². The van der Waals surface area contributed by atoms with E-state index >= 15 is 0 Å². The number of hydrogen-bond acceptors (Lipinski definition) is 8. The Bertz CT molecular complexity index is 1410. The molecule has 10 nitrogen and oxygen atoms in total. The number of nitrogens with zero attached hydrogens (tertiary/aromatic N) is 5. The molecule has 3 N–H and O–H groups in total. The Labute approximate surface area is 209 Å². The number of fused-ring (bicyclic) bond motifs is 1.